The number of nitrogens with zero attached hydrogens (tertiary/aromatic N) is 2. The Bertz CT molecular complexity index is 647. The van der Waals surface area contributed by atoms with Gasteiger partial charge in [-0.15, -0.1) is 0 Å². The van der Waals surface area contributed by atoms with E-state index in [4.69, 9.17) is 5.73 Å². The summed E-state index contributed by atoms with van der Waals surface area (Å²) in [7, 11) is 0. The van der Waals surface area contributed by atoms with Crippen LogP contribution in [0.3, 0.4) is 0 Å². The average Bonchev–Trinajstić information content (AvgIpc) is 3.00. The summed E-state index contributed by atoms with van der Waals surface area (Å²) in [5.41, 5.74) is 6.37. The quantitative estimate of drug-likeness (QED) is 0.705. The number of benzene rings is 1. The molecule has 0 saturated heterocycles. The highest BCUT2D eigenvalue weighted by atomic mass is 16.1. The fraction of sp³-hybridized carbons (Fsp3) is 0.143. The number of nitrogens with two attached hydrogens (primary N) is 1. The molecule has 21 heavy (non-hydrogen) atoms. The summed E-state index contributed by atoms with van der Waals surface area (Å²) in [6.07, 6.45) is 4.44. The minimum atomic E-state index is -0.482. The molecule has 0 fully saturated rings. The second-order valence-corrected chi connectivity index (χ2v) is 4.42. The Kier molecular flexibility index (Phi) is 4.45. The maximum absolute atomic E-state index is 11.8. The lowest BCUT2D eigenvalue weighted by atomic mass is 10.1. The third-order valence-corrected chi connectivity index (χ3v) is 2.82. The van der Waals surface area contributed by atoms with E-state index >= 15 is 0 Å². The summed E-state index contributed by atoms with van der Waals surface area (Å²) < 4.78 is 0. The summed E-state index contributed by atoms with van der Waals surface area (Å²) in [5, 5.41) is 9.16. The van der Waals surface area contributed by atoms with E-state index in [1.165, 1.54) is 12.4 Å². The number of hydrogen-bond donors (Lipinski definition) is 3. The highest BCUT2D eigenvalue weighted by molar-refractivity contribution is 5.94. The van der Waals surface area contributed by atoms with E-state index in [2.05, 4.69) is 20.5 Å². The van der Waals surface area contributed by atoms with Crippen molar-refractivity contribution in [2.45, 2.75) is 13.0 Å². The standard InChI is InChI=1S/C14H15N5O2/c1-9(14-16-8-17-19-14)18-12(20)7-4-10-2-5-11(6-3-10)13(15)21/h2-9H,1H3,(H2,15,21)(H,18,20)(H,16,17,19)/b7-4+. The number of aromatic nitrogens is 3. The predicted octanol–water partition coefficient (Wildman–Crippen LogP) is 0.794. The number of carbonyl (C=O) groups excluding carboxylic acids is 2. The van der Waals surface area contributed by atoms with Gasteiger partial charge in [-0.05, 0) is 30.7 Å². The summed E-state index contributed by atoms with van der Waals surface area (Å²) in [5.74, 6) is -0.149. The van der Waals surface area contributed by atoms with E-state index in [-0.39, 0.29) is 11.9 Å². The Balaban J connectivity index is 1.94. The van der Waals surface area contributed by atoms with Gasteiger partial charge in [0, 0.05) is 11.6 Å². The van der Waals surface area contributed by atoms with Crippen LogP contribution in [-0.2, 0) is 4.79 Å². The first-order chi connectivity index (χ1) is 10.1. The van der Waals surface area contributed by atoms with Gasteiger partial charge in [-0.1, -0.05) is 12.1 Å². The first kappa shape index (κ1) is 14.4. The number of amides is 2. The minimum absolute atomic E-state index is 0.252. The van der Waals surface area contributed by atoms with Crippen LogP contribution in [0.2, 0.25) is 0 Å². The third-order valence-electron chi connectivity index (χ3n) is 2.82. The molecule has 2 rings (SSSR count). The number of primary amides is 1. The van der Waals surface area contributed by atoms with Crippen molar-refractivity contribution in [2.24, 2.45) is 5.73 Å². The molecular formula is C14H15N5O2. The van der Waals surface area contributed by atoms with Gasteiger partial charge in [0.2, 0.25) is 11.8 Å². The molecule has 2 amide bonds. The molecule has 1 aromatic heterocycles. The fourth-order valence-corrected chi connectivity index (χ4v) is 1.68. The van der Waals surface area contributed by atoms with E-state index in [1.807, 2.05) is 0 Å². The smallest absolute Gasteiger partial charge is 0.248 e. The first-order valence-electron chi connectivity index (χ1n) is 6.30. The van der Waals surface area contributed by atoms with Crippen molar-refractivity contribution < 1.29 is 9.59 Å². The number of H-pyrrole nitrogens is 1. The van der Waals surface area contributed by atoms with Crippen LogP contribution in [0.25, 0.3) is 6.08 Å². The number of aromatic amines is 1. The van der Waals surface area contributed by atoms with Crippen LogP contribution in [0.4, 0.5) is 0 Å². The number of carbonyl (C=O) groups is 2. The van der Waals surface area contributed by atoms with Crippen LogP contribution in [0.5, 0.6) is 0 Å². The number of rotatable bonds is 5. The van der Waals surface area contributed by atoms with Crippen molar-refractivity contribution in [3.8, 4) is 0 Å². The maximum Gasteiger partial charge on any atom is 0.248 e. The maximum atomic E-state index is 11.8. The second-order valence-electron chi connectivity index (χ2n) is 4.42. The average molecular weight is 285 g/mol. The zero-order valence-electron chi connectivity index (χ0n) is 11.4. The van der Waals surface area contributed by atoms with E-state index in [9.17, 15) is 9.59 Å². The zero-order valence-corrected chi connectivity index (χ0v) is 11.4. The van der Waals surface area contributed by atoms with E-state index in [0.717, 1.165) is 5.56 Å². The molecule has 108 valence electrons. The molecular weight excluding hydrogens is 270 g/mol. The van der Waals surface area contributed by atoms with Gasteiger partial charge < -0.3 is 11.1 Å². The van der Waals surface area contributed by atoms with Crippen LogP contribution in [0.15, 0.2) is 36.7 Å². The van der Waals surface area contributed by atoms with Crippen molar-refractivity contribution in [2.75, 3.05) is 0 Å². The van der Waals surface area contributed by atoms with Crippen LogP contribution >= 0.6 is 0 Å². The SMILES string of the molecule is CC(NC(=O)/C=C/c1ccc(C(N)=O)cc1)c1ncn[nH]1. The lowest BCUT2D eigenvalue weighted by Crippen LogP contribution is -2.25. The van der Waals surface area contributed by atoms with Gasteiger partial charge in [0.15, 0.2) is 0 Å². The van der Waals surface area contributed by atoms with Crippen molar-refractivity contribution in [3.05, 3.63) is 53.6 Å². The molecule has 4 N–H and O–H groups in total. The molecule has 0 spiro atoms. The van der Waals surface area contributed by atoms with Crippen LogP contribution in [-0.4, -0.2) is 27.0 Å². The topological polar surface area (TPSA) is 114 Å². The van der Waals surface area contributed by atoms with Crippen LogP contribution in [0, 0.1) is 0 Å². The molecule has 7 nitrogen and oxygen atoms in total. The van der Waals surface area contributed by atoms with Crippen LogP contribution < -0.4 is 11.1 Å². The van der Waals surface area contributed by atoms with Gasteiger partial charge in [0.1, 0.15) is 12.2 Å². The molecule has 2 aromatic rings. The van der Waals surface area contributed by atoms with Gasteiger partial charge in [-0.25, -0.2) is 4.98 Å². The Morgan fingerprint density at radius 1 is 1.33 bits per heavy atom. The monoisotopic (exact) mass is 285 g/mol. The van der Waals surface area contributed by atoms with E-state index < -0.39 is 5.91 Å². The Morgan fingerprint density at radius 3 is 2.62 bits per heavy atom. The van der Waals surface area contributed by atoms with Crippen molar-refractivity contribution in [1.82, 2.24) is 20.5 Å². The minimum Gasteiger partial charge on any atom is -0.366 e. The van der Waals surface area contributed by atoms with Crippen molar-refractivity contribution in [1.29, 1.82) is 0 Å². The number of nitrogens with one attached hydrogen (secondary N) is 2. The molecule has 1 aromatic carbocycles. The summed E-state index contributed by atoms with van der Waals surface area (Å²) in [4.78, 5) is 26.7. The molecule has 0 aliphatic heterocycles. The summed E-state index contributed by atoms with van der Waals surface area (Å²) in [6, 6.07) is 6.38. The Morgan fingerprint density at radius 2 is 2.05 bits per heavy atom. The van der Waals surface area contributed by atoms with Gasteiger partial charge in [-0.3, -0.25) is 14.7 Å². The first-order valence-corrected chi connectivity index (χ1v) is 6.30. The molecule has 0 radical (unpaired) electrons. The van der Waals surface area contributed by atoms with Gasteiger partial charge in [0.25, 0.3) is 0 Å². The highest BCUT2D eigenvalue weighted by Crippen LogP contribution is 2.07. The fourth-order valence-electron chi connectivity index (χ4n) is 1.68. The lowest BCUT2D eigenvalue weighted by molar-refractivity contribution is -0.117. The normalized spacial score (nSPS) is 12.2. The molecule has 7 heteroatoms. The van der Waals surface area contributed by atoms with Gasteiger partial charge >= 0.3 is 0 Å². The van der Waals surface area contributed by atoms with Crippen molar-refractivity contribution in [3.63, 3.8) is 0 Å². The van der Waals surface area contributed by atoms with Crippen molar-refractivity contribution >= 4 is 17.9 Å². The Hall–Kier alpha value is -2.96. The Labute approximate surface area is 121 Å². The van der Waals surface area contributed by atoms with Gasteiger partial charge in [0.05, 0.1) is 6.04 Å². The summed E-state index contributed by atoms with van der Waals surface area (Å²) >= 11 is 0. The molecule has 0 saturated carbocycles. The lowest BCUT2D eigenvalue weighted by Gasteiger charge is -2.08. The van der Waals surface area contributed by atoms with Crippen LogP contribution in [0.1, 0.15) is 34.7 Å². The predicted molar refractivity (Wildman–Crippen MR) is 76.9 cm³/mol. The second kappa shape index (κ2) is 6.47. The molecule has 0 aliphatic rings. The van der Waals surface area contributed by atoms with Gasteiger partial charge in [-0.2, -0.15) is 5.10 Å². The molecule has 0 aliphatic carbocycles. The van der Waals surface area contributed by atoms with E-state index in [1.54, 1.807) is 37.3 Å². The third kappa shape index (κ3) is 4.00. The molecule has 1 unspecified atom stereocenters. The molecule has 0 bridgehead atoms. The number of hydrogen-bond acceptors (Lipinski definition) is 4. The molecule has 1 atom stereocenters. The largest absolute Gasteiger partial charge is 0.366 e. The summed E-state index contributed by atoms with van der Waals surface area (Å²) in [6.45, 7) is 1.80. The highest BCUT2D eigenvalue weighted by Gasteiger charge is 2.09. The molecule has 1 heterocycles. The zero-order chi connectivity index (χ0) is 15.2. The van der Waals surface area contributed by atoms with E-state index in [0.29, 0.717) is 11.4 Å².